The Labute approximate surface area is 138 Å². The number of pyridine rings is 1. The summed E-state index contributed by atoms with van der Waals surface area (Å²) in [5.41, 5.74) is 4.27. The van der Waals surface area contributed by atoms with Crippen molar-refractivity contribution in [1.82, 2.24) is 4.98 Å². The van der Waals surface area contributed by atoms with Crippen LogP contribution in [0.4, 0.5) is 0 Å². The average Bonchev–Trinajstić information content (AvgIpc) is 2.54. The topological polar surface area (TPSA) is 39.2 Å². The molecule has 0 radical (unpaired) electrons. The normalized spacial score (nSPS) is 10.1. The van der Waals surface area contributed by atoms with Crippen LogP contribution in [0.3, 0.4) is 0 Å². The molecule has 0 saturated heterocycles. The molecule has 3 nitrogen and oxygen atoms in total. The summed E-state index contributed by atoms with van der Waals surface area (Å²) in [4.78, 5) is 16.1. The van der Waals surface area contributed by atoms with Gasteiger partial charge in [0.1, 0.15) is 0 Å². The molecule has 0 aliphatic carbocycles. The van der Waals surface area contributed by atoms with E-state index < -0.39 is 0 Å². The zero-order valence-corrected chi connectivity index (χ0v) is 13.9. The highest BCUT2D eigenvalue weighted by molar-refractivity contribution is 9.15. The molecule has 4 heteroatoms. The third kappa shape index (κ3) is 3.34. The van der Waals surface area contributed by atoms with Gasteiger partial charge in [0.25, 0.3) is 0 Å². The first-order valence-corrected chi connectivity index (χ1v) is 7.49. The van der Waals surface area contributed by atoms with Gasteiger partial charge in [0, 0.05) is 16.2 Å². The third-order valence-corrected chi connectivity index (χ3v) is 3.66. The summed E-state index contributed by atoms with van der Waals surface area (Å²) in [5, 5.41) is 0. The molecule has 1 aromatic carbocycles. The van der Waals surface area contributed by atoms with Gasteiger partial charge in [0.05, 0.1) is 19.2 Å². The Bertz CT molecular complexity index is 723. The number of carbonyl (C=O) groups excluding carboxylic acids is 1. The first-order valence-electron chi connectivity index (χ1n) is 6.69. The summed E-state index contributed by atoms with van der Waals surface area (Å²) < 4.78 is 5.45. The fourth-order valence-electron chi connectivity index (χ4n) is 2.29. The fourth-order valence-corrected chi connectivity index (χ4v) is 2.61. The van der Waals surface area contributed by atoms with Crippen LogP contribution in [0.15, 0.2) is 49.7 Å². The summed E-state index contributed by atoms with van der Waals surface area (Å²) in [7, 11) is 1.38. The summed E-state index contributed by atoms with van der Waals surface area (Å²) in [6.07, 6.45) is 3.58. The highest BCUT2D eigenvalue weighted by Crippen LogP contribution is 2.34. The molecule has 22 heavy (non-hydrogen) atoms. The van der Waals surface area contributed by atoms with E-state index in [2.05, 4.69) is 34.1 Å². The Morgan fingerprint density at radius 2 is 2.05 bits per heavy atom. The van der Waals surface area contributed by atoms with E-state index in [1.165, 1.54) is 7.11 Å². The first-order chi connectivity index (χ1) is 10.6. The molecule has 0 unspecified atom stereocenters. The minimum absolute atomic E-state index is 0.156. The molecule has 2 aromatic rings. The maximum atomic E-state index is 11.7. The van der Waals surface area contributed by atoms with Crippen LogP contribution in [-0.4, -0.2) is 18.1 Å². The average molecular weight is 358 g/mol. The van der Waals surface area contributed by atoms with E-state index >= 15 is 0 Å². The lowest BCUT2D eigenvalue weighted by Crippen LogP contribution is -2.08. The number of esters is 1. The molecule has 0 aliphatic heterocycles. The zero-order valence-electron chi connectivity index (χ0n) is 12.3. The Balaban J connectivity index is 2.72. The van der Waals surface area contributed by atoms with Gasteiger partial charge in [-0.3, -0.25) is 9.78 Å². The van der Waals surface area contributed by atoms with E-state index in [1.807, 2.05) is 30.3 Å². The number of carbonyl (C=O) groups is 1. The number of benzene rings is 1. The van der Waals surface area contributed by atoms with Gasteiger partial charge in [-0.25, -0.2) is 0 Å². The van der Waals surface area contributed by atoms with Crippen molar-refractivity contribution in [3.8, 4) is 11.1 Å². The quantitative estimate of drug-likeness (QED) is 0.740. The summed E-state index contributed by atoms with van der Waals surface area (Å²) >= 11 is 3.37. The molecular weight excluding hydrogens is 342 g/mol. The standard InChI is InChI=1S/C18H16BrNO2/c1-4-15-17(13-8-6-5-7-9-13)14(10-16(21)22-3)11-20-18(15)12(2)19/h4-9,11H,1-2,10H2,3H3. The molecule has 1 aromatic heterocycles. The van der Waals surface area contributed by atoms with Crippen molar-refractivity contribution in [2.45, 2.75) is 6.42 Å². The Kier molecular flexibility index (Phi) is 5.28. The van der Waals surface area contributed by atoms with Crippen LogP contribution in [0.2, 0.25) is 0 Å². The van der Waals surface area contributed by atoms with Crippen LogP contribution in [-0.2, 0) is 16.0 Å². The number of hydrogen-bond donors (Lipinski definition) is 0. The summed E-state index contributed by atoms with van der Waals surface area (Å²) in [6.45, 7) is 7.77. The highest BCUT2D eigenvalue weighted by Gasteiger charge is 2.17. The van der Waals surface area contributed by atoms with Gasteiger partial charge in [0.2, 0.25) is 0 Å². The molecular formula is C18H16BrNO2. The van der Waals surface area contributed by atoms with Crippen LogP contribution in [0.5, 0.6) is 0 Å². The van der Waals surface area contributed by atoms with Gasteiger partial charge >= 0.3 is 5.97 Å². The Morgan fingerprint density at radius 3 is 2.59 bits per heavy atom. The molecule has 0 aliphatic rings. The minimum atomic E-state index is -0.306. The predicted octanol–water partition coefficient (Wildman–Crippen LogP) is 4.47. The van der Waals surface area contributed by atoms with E-state index in [4.69, 9.17) is 4.74 Å². The highest BCUT2D eigenvalue weighted by atomic mass is 79.9. The lowest BCUT2D eigenvalue weighted by molar-refractivity contribution is -0.139. The van der Waals surface area contributed by atoms with Crippen LogP contribution in [0.1, 0.15) is 16.8 Å². The predicted molar refractivity (Wildman–Crippen MR) is 93.4 cm³/mol. The number of hydrogen-bond acceptors (Lipinski definition) is 3. The van der Waals surface area contributed by atoms with Crippen molar-refractivity contribution in [1.29, 1.82) is 0 Å². The van der Waals surface area contributed by atoms with Crippen LogP contribution < -0.4 is 0 Å². The molecule has 0 bridgehead atoms. The maximum absolute atomic E-state index is 11.7. The third-order valence-electron chi connectivity index (χ3n) is 3.28. The van der Waals surface area contributed by atoms with Crippen molar-refractivity contribution in [2.75, 3.05) is 7.11 Å². The van der Waals surface area contributed by atoms with Gasteiger partial charge in [-0.05, 0) is 32.6 Å². The van der Waals surface area contributed by atoms with Crippen molar-refractivity contribution in [3.05, 3.63) is 66.5 Å². The van der Waals surface area contributed by atoms with E-state index in [0.29, 0.717) is 10.2 Å². The van der Waals surface area contributed by atoms with Crippen LogP contribution in [0.25, 0.3) is 21.7 Å². The zero-order chi connectivity index (χ0) is 16.1. The molecule has 112 valence electrons. The number of rotatable bonds is 5. The van der Waals surface area contributed by atoms with Gasteiger partial charge in [-0.2, -0.15) is 0 Å². The smallest absolute Gasteiger partial charge is 0.310 e. The number of aromatic nitrogens is 1. The van der Waals surface area contributed by atoms with E-state index in [9.17, 15) is 4.79 Å². The molecule has 0 atom stereocenters. The largest absolute Gasteiger partial charge is 0.469 e. The monoisotopic (exact) mass is 357 g/mol. The van der Waals surface area contributed by atoms with E-state index in [1.54, 1.807) is 12.3 Å². The molecule has 1 heterocycles. The van der Waals surface area contributed by atoms with E-state index in [-0.39, 0.29) is 12.4 Å². The first kappa shape index (κ1) is 16.2. The SMILES string of the molecule is C=Cc1c(C(=C)Br)ncc(CC(=O)OC)c1-c1ccccc1. The Morgan fingerprint density at radius 1 is 1.36 bits per heavy atom. The molecule has 0 amide bonds. The second kappa shape index (κ2) is 7.18. The van der Waals surface area contributed by atoms with Gasteiger partial charge in [0.15, 0.2) is 0 Å². The fraction of sp³-hybridized carbons (Fsp3) is 0.111. The lowest BCUT2D eigenvalue weighted by atomic mass is 9.93. The number of methoxy groups -OCH3 is 1. The number of halogens is 1. The maximum Gasteiger partial charge on any atom is 0.310 e. The minimum Gasteiger partial charge on any atom is -0.469 e. The van der Waals surface area contributed by atoms with Crippen molar-refractivity contribution in [2.24, 2.45) is 0 Å². The second-order valence-corrected chi connectivity index (χ2v) is 5.61. The van der Waals surface area contributed by atoms with Gasteiger partial charge in [-0.1, -0.05) is 49.6 Å². The number of ether oxygens (including phenoxy) is 1. The number of nitrogens with zero attached hydrogens (tertiary/aromatic N) is 1. The van der Waals surface area contributed by atoms with Gasteiger partial charge in [-0.15, -0.1) is 0 Å². The summed E-state index contributed by atoms with van der Waals surface area (Å²) in [6, 6.07) is 9.83. The van der Waals surface area contributed by atoms with Gasteiger partial charge < -0.3 is 4.74 Å². The second-order valence-electron chi connectivity index (χ2n) is 4.65. The Hall–Kier alpha value is -2.20. The lowest BCUT2D eigenvalue weighted by Gasteiger charge is -2.15. The molecule has 0 spiro atoms. The van der Waals surface area contributed by atoms with Crippen molar-refractivity contribution in [3.63, 3.8) is 0 Å². The molecule has 0 fully saturated rings. The molecule has 2 rings (SSSR count). The van der Waals surface area contributed by atoms with Crippen LogP contribution >= 0.6 is 15.9 Å². The van der Waals surface area contributed by atoms with Crippen molar-refractivity contribution < 1.29 is 9.53 Å². The van der Waals surface area contributed by atoms with E-state index in [0.717, 1.165) is 22.3 Å². The molecule has 0 saturated carbocycles. The van der Waals surface area contributed by atoms with Crippen LogP contribution in [0, 0.1) is 0 Å². The van der Waals surface area contributed by atoms with Crippen molar-refractivity contribution >= 4 is 32.5 Å². The molecule has 0 N–H and O–H groups in total. The summed E-state index contributed by atoms with van der Waals surface area (Å²) in [5.74, 6) is -0.306.